The van der Waals surface area contributed by atoms with Crippen molar-refractivity contribution in [2.75, 3.05) is 19.7 Å². The third kappa shape index (κ3) is 3.33. The van der Waals surface area contributed by atoms with Crippen LogP contribution in [-0.2, 0) is 0 Å². The average Bonchev–Trinajstić information content (AvgIpc) is 2.47. The summed E-state index contributed by atoms with van der Waals surface area (Å²) < 4.78 is 0. The maximum atomic E-state index is 12.3. The number of carbonyl (C=O) groups is 2. The van der Waals surface area contributed by atoms with Crippen molar-refractivity contribution in [1.82, 2.24) is 9.88 Å². The Bertz CT molecular complexity index is 502. The molecule has 6 heteroatoms. The number of rotatable bonds is 4. The fourth-order valence-electron chi connectivity index (χ4n) is 2.50. The number of aliphatic hydroxyl groups excluding tert-OH is 1. The number of amides is 1. The lowest BCUT2D eigenvalue weighted by Crippen LogP contribution is -2.40. The topological polar surface area (TPSA) is 90.7 Å². The van der Waals surface area contributed by atoms with Crippen LogP contribution in [0.2, 0.25) is 0 Å². The van der Waals surface area contributed by atoms with Crippen LogP contribution in [0.25, 0.3) is 0 Å². The highest BCUT2D eigenvalue weighted by Gasteiger charge is 2.25. The van der Waals surface area contributed by atoms with Gasteiger partial charge in [0.1, 0.15) is 11.4 Å². The van der Waals surface area contributed by atoms with Gasteiger partial charge in [-0.1, -0.05) is 6.07 Å². The van der Waals surface area contributed by atoms with Gasteiger partial charge in [-0.05, 0) is 37.3 Å². The van der Waals surface area contributed by atoms with Crippen LogP contribution in [-0.4, -0.2) is 51.7 Å². The largest absolute Gasteiger partial charge is 0.477 e. The minimum Gasteiger partial charge on any atom is -0.477 e. The predicted molar refractivity (Wildman–Crippen MR) is 71.5 cm³/mol. The monoisotopic (exact) mass is 278 g/mol. The normalized spacial score (nSPS) is 18.9. The van der Waals surface area contributed by atoms with Gasteiger partial charge in [0.2, 0.25) is 0 Å². The fourth-order valence-corrected chi connectivity index (χ4v) is 2.50. The summed E-state index contributed by atoms with van der Waals surface area (Å²) in [7, 11) is 0. The highest BCUT2D eigenvalue weighted by molar-refractivity contribution is 5.94. The molecule has 0 aromatic carbocycles. The molecule has 0 saturated carbocycles. The molecule has 1 saturated heterocycles. The predicted octanol–water partition coefficient (Wildman–Crippen LogP) is 1.01. The van der Waals surface area contributed by atoms with Crippen molar-refractivity contribution in [3.8, 4) is 0 Å². The third-order valence-corrected chi connectivity index (χ3v) is 3.53. The Morgan fingerprint density at radius 1 is 1.35 bits per heavy atom. The van der Waals surface area contributed by atoms with Crippen molar-refractivity contribution in [2.24, 2.45) is 5.92 Å². The second kappa shape index (κ2) is 6.47. The van der Waals surface area contributed by atoms with Gasteiger partial charge in [-0.25, -0.2) is 9.78 Å². The van der Waals surface area contributed by atoms with E-state index in [4.69, 9.17) is 10.2 Å². The van der Waals surface area contributed by atoms with Crippen LogP contribution >= 0.6 is 0 Å². The lowest BCUT2D eigenvalue weighted by Gasteiger charge is -2.32. The number of carboxylic acids is 1. The number of carboxylic acid groups (broad SMARTS) is 1. The van der Waals surface area contributed by atoms with Crippen LogP contribution in [0.5, 0.6) is 0 Å². The summed E-state index contributed by atoms with van der Waals surface area (Å²) >= 11 is 0. The van der Waals surface area contributed by atoms with Gasteiger partial charge in [0.15, 0.2) is 0 Å². The second-order valence-electron chi connectivity index (χ2n) is 4.98. The van der Waals surface area contributed by atoms with Crippen molar-refractivity contribution in [2.45, 2.75) is 19.3 Å². The molecule has 1 amide bonds. The Labute approximate surface area is 117 Å². The van der Waals surface area contributed by atoms with Gasteiger partial charge < -0.3 is 15.1 Å². The molecule has 1 aliphatic rings. The molecular weight excluding hydrogens is 260 g/mol. The molecule has 0 radical (unpaired) electrons. The molecule has 0 aliphatic carbocycles. The Hall–Kier alpha value is -1.95. The molecule has 1 unspecified atom stereocenters. The van der Waals surface area contributed by atoms with E-state index in [0.29, 0.717) is 25.4 Å². The second-order valence-corrected chi connectivity index (χ2v) is 4.98. The Balaban J connectivity index is 2.10. The molecule has 1 fully saturated rings. The Kier molecular flexibility index (Phi) is 4.68. The molecule has 0 spiro atoms. The maximum absolute atomic E-state index is 12.3. The molecule has 1 atom stereocenters. The number of aromatic carboxylic acids is 1. The number of carbonyl (C=O) groups excluding carboxylic acids is 1. The minimum absolute atomic E-state index is 0.124. The SMILES string of the molecule is O=C(O)c1cccc(C(=O)N2CCCC(CCO)C2)n1. The van der Waals surface area contributed by atoms with Gasteiger partial charge in [0, 0.05) is 19.7 Å². The van der Waals surface area contributed by atoms with Crippen LogP contribution in [0.15, 0.2) is 18.2 Å². The van der Waals surface area contributed by atoms with Crippen molar-refractivity contribution < 1.29 is 19.8 Å². The zero-order valence-electron chi connectivity index (χ0n) is 11.2. The van der Waals surface area contributed by atoms with E-state index in [1.807, 2.05) is 0 Å². The molecule has 2 rings (SSSR count). The Morgan fingerprint density at radius 2 is 2.10 bits per heavy atom. The van der Waals surface area contributed by atoms with Crippen molar-refractivity contribution in [1.29, 1.82) is 0 Å². The quantitative estimate of drug-likeness (QED) is 0.858. The van der Waals surface area contributed by atoms with Gasteiger partial charge >= 0.3 is 5.97 Å². The van der Waals surface area contributed by atoms with E-state index in [1.165, 1.54) is 18.2 Å². The lowest BCUT2D eigenvalue weighted by atomic mass is 9.95. The number of hydrogen-bond acceptors (Lipinski definition) is 4. The minimum atomic E-state index is -1.14. The third-order valence-electron chi connectivity index (χ3n) is 3.53. The first-order valence-corrected chi connectivity index (χ1v) is 6.72. The van der Waals surface area contributed by atoms with Crippen LogP contribution < -0.4 is 0 Å². The molecule has 1 aromatic rings. The molecule has 6 nitrogen and oxygen atoms in total. The van der Waals surface area contributed by atoms with E-state index in [2.05, 4.69) is 4.98 Å². The standard InChI is InChI=1S/C14H18N2O4/c17-8-6-10-3-2-7-16(9-10)13(18)11-4-1-5-12(15-11)14(19)20/h1,4-5,10,17H,2-3,6-9H2,(H,19,20). The number of aliphatic hydroxyl groups is 1. The number of hydrogen-bond donors (Lipinski definition) is 2. The molecule has 1 aromatic heterocycles. The molecule has 2 N–H and O–H groups in total. The lowest BCUT2D eigenvalue weighted by molar-refractivity contribution is 0.0646. The van der Waals surface area contributed by atoms with Gasteiger partial charge in [-0.15, -0.1) is 0 Å². The molecular formula is C14H18N2O4. The summed E-state index contributed by atoms with van der Waals surface area (Å²) in [6.45, 7) is 1.37. The number of nitrogens with zero attached hydrogens (tertiary/aromatic N) is 2. The molecule has 108 valence electrons. The van der Waals surface area contributed by atoms with Gasteiger partial charge in [-0.3, -0.25) is 4.79 Å². The fraction of sp³-hybridized carbons (Fsp3) is 0.500. The van der Waals surface area contributed by atoms with Crippen LogP contribution in [0.3, 0.4) is 0 Å². The van der Waals surface area contributed by atoms with E-state index < -0.39 is 5.97 Å². The van der Waals surface area contributed by atoms with Crippen molar-refractivity contribution >= 4 is 11.9 Å². The number of likely N-dealkylation sites (tertiary alicyclic amines) is 1. The van der Waals surface area contributed by atoms with E-state index in [9.17, 15) is 9.59 Å². The first-order valence-electron chi connectivity index (χ1n) is 6.72. The summed E-state index contributed by atoms with van der Waals surface area (Å²) in [6.07, 6.45) is 2.59. The number of pyridine rings is 1. The van der Waals surface area contributed by atoms with Crippen LogP contribution in [0.1, 0.15) is 40.2 Å². The van der Waals surface area contributed by atoms with Gasteiger partial charge in [0.05, 0.1) is 0 Å². The zero-order chi connectivity index (χ0) is 14.5. The smallest absolute Gasteiger partial charge is 0.354 e. The van der Waals surface area contributed by atoms with E-state index in [-0.39, 0.29) is 23.9 Å². The Morgan fingerprint density at radius 3 is 2.80 bits per heavy atom. The average molecular weight is 278 g/mol. The number of aromatic nitrogens is 1. The maximum Gasteiger partial charge on any atom is 0.354 e. The molecule has 20 heavy (non-hydrogen) atoms. The van der Waals surface area contributed by atoms with Gasteiger partial charge in [0.25, 0.3) is 5.91 Å². The van der Waals surface area contributed by atoms with E-state index >= 15 is 0 Å². The zero-order valence-corrected chi connectivity index (χ0v) is 11.2. The van der Waals surface area contributed by atoms with E-state index in [0.717, 1.165) is 12.8 Å². The highest BCUT2D eigenvalue weighted by atomic mass is 16.4. The highest BCUT2D eigenvalue weighted by Crippen LogP contribution is 2.20. The van der Waals surface area contributed by atoms with E-state index in [1.54, 1.807) is 4.90 Å². The summed E-state index contributed by atoms with van der Waals surface area (Å²) in [5.41, 5.74) is 0.0364. The van der Waals surface area contributed by atoms with Crippen LogP contribution in [0, 0.1) is 5.92 Å². The first-order chi connectivity index (χ1) is 9.61. The van der Waals surface area contributed by atoms with Crippen molar-refractivity contribution in [3.63, 3.8) is 0 Å². The first kappa shape index (κ1) is 14.5. The van der Waals surface area contributed by atoms with Gasteiger partial charge in [-0.2, -0.15) is 0 Å². The summed E-state index contributed by atoms with van der Waals surface area (Å²) in [5.74, 6) is -1.08. The number of piperidine rings is 1. The molecule has 2 heterocycles. The summed E-state index contributed by atoms with van der Waals surface area (Å²) in [6, 6.07) is 4.42. The van der Waals surface area contributed by atoms with Crippen molar-refractivity contribution in [3.05, 3.63) is 29.6 Å². The molecule has 1 aliphatic heterocycles. The van der Waals surface area contributed by atoms with Crippen LogP contribution in [0.4, 0.5) is 0 Å². The summed E-state index contributed by atoms with van der Waals surface area (Å²) in [5, 5.41) is 17.9. The summed E-state index contributed by atoms with van der Waals surface area (Å²) in [4.78, 5) is 28.8. The molecule has 0 bridgehead atoms.